The lowest BCUT2D eigenvalue weighted by molar-refractivity contribution is 0.412. The van der Waals surface area contributed by atoms with Crippen molar-refractivity contribution in [2.75, 3.05) is 7.11 Å². The Morgan fingerprint density at radius 2 is 1.85 bits per heavy atom. The fraction of sp³-hybridized carbons (Fsp3) is 0.250. The molecule has 2 N–H and O–H groups in total. The highest BCUT2D eigenvalue weighted by atomic mass is 79.9. The lowest BCUT2D eigenvalue weighted by Crippen LogP contribution is -2.14. The SMILES string of the molecule is COc1ccc(CC(N)c2ccc(C)cc2Br)cc1Br. The molecule has 2 rings (SSSR count). The minimum absolute atomic E-state index is 0.0368. The van der Waals surface area contributed by atoms with Gasteiger partial charge in [-0.15, -0.1) is 0 Å². The van der Waals surface area contributed by atoms with Crippen molar-refractivity contribution in [3.8, 4) is 5.75 Å². The monoisotopic (exact) mass is 397 g/mol. The van der Waals surface area contributed by atoms with Gasteiger partial charge in [0.05, 0.1) is 11.6 Å². The summed E-state index contributed by atoms with van der Waals surface area (Å²) in [5.74, 6) is 0.832. The first kappa shape index (κ1) is 15.5. The second-order valence-electron chi connectivity index (χ2n) is 4.80. The summed E-state index contributed by atoms with van der Waals surface area (Å²) in [5, 5.41) is 0. The maximum atomic E-state index is 6.32. The van der Waals surface area contributed by atoms with Gasteiger partial charge in [-0.05, 0) is 64.2 Å². The molecule has 0 aromatic heterocycles. The van der Waals surface area contributed by atoms with E-state index in [-0.39, 0.29) is 6.04 Å². The predicted molar refractivity (Wildman–Crippen MR) is 90.2 cm³/mol. The zero-order valence-corrected chi connectivity index (χ0v) is 14.7. The quantitative estimate of drug-likeness (QED) is 0.804. The number of aryl methyl sites for hydroxylation is 1. The van der Waals surface area contributed by atoms with E-state index < -0.39 is 0 Å². The van der Waals surface area contributed by atoms with Gasteiger partial charge in [-0.25, -0.2) is 0 Å². The Balaban J connectivity index is 2.18. The number of hydrogen-bond donors (Lipinski definition) is 1. The maximum Gasteiger partial charge on any atom is 0.133 e. The van der Waals surface area contributed by atoms with Gasteiger partial charge in [-0.3, -0.25) is 0 Å². The third-order valence-electron chi connectivity index (χ3n) is 3.23. The van der Waals surface area contributed by atoms with Crippen molar-refractivity contribution in [3.63, 3.8) is 0 Å². The number of hydrogen-bond acceptors (Lipinski definition) is 2. The van der Waals surface area contributed by atoms with E-state index in [1.54, 1.807) is 7.11 Å². The summed E-state index contributed by atoms with van der Waals surface area (Å²) in [6.07, 6.45) is 0.782. The van der Waals surface area contributed by atoms with Gasteiger partial charge in [-0.2, -0.15) is 0 Å². The third kappa shape index (κ3) is 3.62. The second kappa shape index (κ2) is 6.74. The number of methoxy groups -OCH3 is 1. The van der Waals surface area contributed by atoms with Gasteiger partial charge in [0.1, 0.15) is 5.75 Å². The smallest absolute Gasteiger partial charge is 0.133 e. The van der Waals surface area contributed by atoms with Crippen LogP contribution in [0.25, 0.3) is 0 Å². The highest BCUT2D eigenvalue weighted by Gasteiger charge is 2.12. The van der Waals surface area contributed by atoms with Crippen LogP contribution in [0.1, 0.15) is 22.7 Å². The Morgan fingerprint density at radius 3 is 2.45 bits per heavy atom. The van der Waals surface area contributed by atoms with Gasteiger partial charge in [0.15, 0.2) is 0 Å². The highest BCUT2D eigenvalue weighted by molar-refractivity contribution is 9.10. The Morgan fingerprint density at radius 1 is 1.10 bits per heavy atom. The zero-order valence-electron chi connectivity index (χ0n) is 11.5. The lowest BCUT2D eigenvalue weighted by atomic mass is 9.99. The molecule has 2 aromatic rings. The summed E-state index contributed by atoms with van der Waals surface area (Å²) in [4.78, 5) is 0. The molecule has 0 amide bonds. The summed E-state index contributed by atoms with van der Waals surface area (Å²) in [7, 11) is 1.66. The predicted octanol–water partition coefficient (Wildman–Crippen LogP) is 4.77. The molecule has 0 bridgehead atoms. The fourth-order valence-electron chi connectivity index (χ4n) is 2.13. The van der Waals surface area contributed by atoms with E-state index in [2.05, 4.69) is 63.0 Å². The van der Waals surface area contributed by atoms with Crippen molar-refractivity contribution in [2.45, 2.75) is 19.4 Å². The molecule has 20 heavy (non-hydrogen) atoms. The van der Waals surface area contributed by atoms with Crippen molar-refractivity contribution in [1.29, 1.82) is 0 Å². The van der Waals surface area contributed by atoms with Gasteiger partial charge in [0.2, 0.25) is 0 Å². The highest BCUT2D eigenvalue weighted by Crippen LogP contribution is 2.29. The minimum Gasteiger partial charge on any atom is -0.496 e. The molecule has 0 saturated carbocycles. The Hall–Kier alpha value is -0.840. The van der Waals surface area contributed by atoms with Crippen LogP contribution in [0.15, 0.2) is 45.3 Å². The molecule has 0 saturated heterocycles. The average molecular weight is 399 g/mol. The van der Waals surface area contributed by atoms with E-state index in [1.165, 1.54) is 11.1 Å². The number of ether oxygens (including phenoxy) is 1. The summed E-state index contributed by atoms with van der Waals surface area (Å²) in [6, 6.07) is 12.3. The van der Waals surface area contributed by atoms with E-state index in [9.17, 15) is 0 Å². The average Bonchev–Trinajstić information content (AvgIpc) is 2.38. The maximum absolute atomic E-state index is 6.32. The first-order chi connectivity index (χ1) is 9.51. The van der Waals surface area contributed by atoms with Crippen LogP contribution < -0.4 is 10.5 Å². The van der Waals surface area contributed by atoms with E-state index in [4.69, 9.17) is 10.5 Å². The summed E-state index contributed by atoms with van der Waals surface area (Å²) < 4.78 is 7.25. The van der Waals surface area contributed by atoms with Crippen LogP contribution in [0.4, 0.5) is 0 Å². The molecule has 0 aliphatic rings. The van der Waals surface area contributed by atoms with Gasteiger partial charge < -0.3 is 10.5 Å². The fourth-order valence-corrected chi connectivity index (χ4v) is 3.51. The van der Waals surface area contributed by atoms with Gasteiger partial charge in [0.25, 0.3) is 0 Å². The van der Waals surface area contributed by atoms with Crippen molar-refractivity contribution in [3.05, 3.63) is 62.0 Å². The molecule has 1 atom stereocenters. The molecule has 0 heterocycles. The van der Waals surface area contributed by atoms with Gasteiger partial charge >= 0.3 is 0 Å². The first-order valence-corrected chi connectivity index (χ1v) is 7.94. The Bertz CT molecular complexity index is 613. The third-order valence-corrected chi connectivity index (χ3v) is 4.53. The molecule has 0 aliphatic carbocycles. The molecular formula is C16H17Br2NO. The number of rotatable bonds is 4. The number of halogens is 2. The van der Waals surface area contributed by atoms with E-state index >= 15 is 0 Å². The van der Waals surface area contributed by atoms with Crippen LogP contribution in [0, 0.1) is 6.92 Å². The molecule has 0 fully saturated rings. The van der Waals surface area contributed by atoms with E-state index in [0.717, 1.165) is 26.7 Å². The molecule has 0 aliphatic heterocycles. The Labute approximate surface area is 136 Å². The molecular weight excluding hydrogens is 382 g/mol. The van der Waals surface area contributed by atoms with Crippen LogP contribution >= 0.6 is 31.9 Å². The van der Waals surface area contributed by atoms with E-state index in [1.807, 2.05) is 12.1 Å². The molecule has 0 radical (unpaired) electrons. The van der Waals surface area contributed by atoms with Crippen LogP contribution in [-0.4, -0.2) is 7.11 Å². The van der Waals surface area contributed by atoms with Crippen LogP contribution in [-0.2, 0) is 6.42 Å². The standard InChI is InChI=1S/C16H17Br2NO/c1-10-3-5-12(13(17)7-10)15(19)9-11-4-6-16(20-2)14(18)8-11/h3-8,15H,9,19H2,1-2H3. The van der Waals surface area contributed by atoms with Crippen molar-refractivity contribution in [2.24, 2.45) is 5.73 Å². The molecule has 1 unspecified atom stereocenters. The van der Waals surface area contributed by atoms with Crippen molar-refractivity contribution >= 4 is 31.9 Å². The Kier molecular flexibility index (Phi) is 5.24. The van der Waals surface area contributed by atoms with Crippen molar-refractivity contribution < 1.29 is 4.74 Å². The largest absolute Gasteiger partial charge is 0.496 e. The molecule has 2 aromatic carbocycles. The first-order valence-electron chi connectivity index (χ1n) is 6.35. The van der Waals surface area contributed by atoms with E-state index in [0.29, 0.717) is 0 Å². The topological polar surface area (TPSA) is 35.2 Å². The lowest BCUT2D eigenvalue weighted by Gasteiger charge is -2.15. The number of nitrogens with two attached hydrogens (primary N) is 1. The summed E-state index contributed by atoms with van der Waals surface area (Å²) in [6.45, 7) is 2.07. The van der Waals surface area contributed by atoms with Crippen LogP contribution in [0.3, 0.4) is 0 Å². The zero-order chi connectivity index (χ0) is 14.7. The van der Waals surface area contributed by atoms with Crippen molar-refractivity contribution in [1.82, 2.24) is 0 Å². The molecule has 2 nitrogen and oxygen atoms in total. The normalized spacial score (nSPS) is 12.2. The van der Waals surface area contributed by atoms with Gasteiger partial charge in [-0.1, -0.05) is 34.1 Å². The van der Waals surface area contributed by atoms with Crippen LogP contribution in [0.2, 0.25) is 0 Å². The summed E-state index contributed by atoms with van der Waals surface area (Å²) in [5.41, 5.74) is 9.85. The molecule has 106 valence electrons. The second-order valence-corrected chi connectivity index (χ2v) is 6.51. The van der Waals surface area contributed by atoms with Gasteiger partial charge in [0, 0.05) is 10.5 Å². The molecule has 0 spiro atoms. The summed E-state index contributed by atoms with van der Waals surface area (Å²) >= 11 is 7.09. The van der Waals surface area contributed by atoms with Crippen LogP contribution in [0.5, 0.6) is 5.75 Å². The number of benzene rings is 2. The minimum atomic E-state index is -0.0368. The molecule has 4 heteroatoms.